The smallest absolute Gasteiger partial charge is 0.406 e. The fourth-order valence-electron chi connectivity index (χ4n) is 1.35. The Hall–Kier alpha value is -2.36. The van der Waals surface area contributed by atoms with Gasteiger partial charge in [-0.2, -0.15) is 5.10 Å². The minimum atomic E-state index is -4.89. The third kappa shape index (κ3) is 4.91. The molecule has 1 heterocycles. The molecule has 0 spiro atoms. The van der Waals surface area contributed by atoms with Gasteiger partial charge in [-0.3, -0.25) is 5.43 Å². The van der Waals surface area contributed by atoms with Gasteiger partial charge >= 0.3 is 6.36 Å². The van der Waals surface area contributed by atoms with Gasteiger partial charge in [0.05, 0.1) is 6.21 Å². The molecule has 112 valence electrons. The lowest BCUT2D eigenvalue weighted by atomic mass is 10.2. The van der Waals surface area contributed by atoms with Gasteiger partial charge in [-0.25, -0.2) is 9.37 Å². The van der Waals surface area contributed by atoms with Gasteiger partial charge in [-0.1, -0.05) is 0 Å². The van der Waals surface area contributed by atoms with E-state index in [1.807, 2.05) is 0 Å². The molecule has 2 rings (SSSR count). The highest BCUT2D eigenvalue weighted by Gasteiger charge is 2.31. The van der Waals surface area contributed by atoms with Crippen molar-refractivity contribution in [3.63, 3.8) is 0 Å². The fraction of sp³-hybridized carbons (Fsp3) is 0.0909. The van der Waals surface area contributed by atoms with Crippen LogP contribution in [0.4, 0.5) is 28.5 Å². The Balaban J connectivity index is 2.08. The van der Waals surface area contributed by atoms with E-state index >= 15 is 0 Å². The van der Waals surface area contributed by atoms with E-state index in [1.54, 1.807) is 5.38 Å². The van der Waals surface area contributed by atoms with E-state index in [0.717, 1.165) is 18.3 Å². The van der Waals surface area contributed by atoms with Crippen molar-refractivity contribution in [2.75, 3.05) is 11.2 Å². The predicted octanol–water partition coefficient (Wildman–Crippen LogP) is 3.21. The molecule has 5 nitrogen and oxygen atoms in total. The van der Waals surface area contributed by atoms with Crippen LogP contribution < -0.4 is 15.9 Å². The number of ether oxygens (including phenoxy) is 1. The summed E-state index contributed by atoms with van der Waals surface area (Å²) in [5, 5.41) is 5.69. The zero-order chi connectivity index (χ0) is 15.5. The third-order valence-corrected chi connectivity index (χ3v) is 2.79. The van der Waals surface area contributed by atoms with E-state index in [2.05, 4.69) is 20.2 Å². The maximum absolute atomic E-state index is 13.2. The second-order valence-corrected chi connectivity index (χ2v) is 4.57. The minimum absolute atomic E-state index is 0.0891. The maximum atomic E-state index is 13.2. The minimum Gasteiger partial charge on any atom is -0.406 e. The third-order valence-electron chi connectivity index (χ3n) is 2.02. The number of thiazole rings is 1. The van der Waals surface area contributed by atoms with Gasteiger partial charge < -0.3 is 10.5 Å². The molecule has 0 radical (unpaired) electrons. The van der Waals surface area contributed by atoms with E-state index < -0.39 is 17.9 Å². The van der Waals surface area contributed by atoms with Gasteiger partial charge in [-0.05, 0) is 12.1 Å². The number of anilines is 2. The molecule has 1 aromatic carbocycles. The Morgan fingerprint density at radius 3 is 2.71 bits per heavy atom. The van der Waals surface area contributed by atoms with Crippen molar-refractivity contribution in [1.82, 2.24) is 4.98 Å². The molecule has 2 aromatic rings. The van der Waals surface area contributed by atoms with Crippen molar-refractivity contribution in [1.29, 1.82) is 0 Å². The predicted molar refractivity (Wildman–Crippen MR) is 70.8 cm³/mol. The van der Waals surface area contributed by atoms with Gasteiger partial charge in [0.25, 0.3) is 0 Å². The molecule has 0 saturated carbocycles. The molecule has 3 N–H and O–H groups in total. The zero-order valence-electron chi connectivity index (χ0n) is 10.2. The summed E-state index contributed by atoms with van der Waals surface area (Å²) in [5.74, 6) is -1.23. The van der Waals surface area contributed by atoms with E-state index in [-0.39, 0.29) is 5.56 Å². The summed E-state index contributed by atoms with van der Waals surface area (Å²) in [6.07, 6.45) is -3.76. The lowest BCUT2D eigenvalue weighted by Gasteiger charge is -2.09. The number of hydrogen-bond donors (Lipinski definition) is 2. The lowest BCUT2D eigenvalue weighted by molar-refractivity contribution is -0.274. The fourth-order valence-corrected chi connectivity index (χ4v) is 1.90. The Labute approximate surface area is 120 Å². The van der Waals surface area contributed by atoms with Crippen LogP contribution in [-0.4, -0.2) is 17.6 Å². The highest BCUT2D eigenvalue weighted by Crippen LogP contribution is 2.24. The van der Waals surface area contributed by atoms with Crippen LogP contribution in [0.5, 0.6) is 5.75 Å². The highest BCUT2D eigenvalue weighted by molar-refractivity contribution is 7.14. The van der Waals surface area contributed by atoms with Gasteiger partial charge in [0.2, 0.25) is 5.13 Å². The van der Waals surface area contributed by atoms with E-state index in [0.29, 0.717) is 17.0 Å². The van der Waals surface area contributed by atoms with Gasteiger partial charge in [-0.15, -0.1) is 24.5 Å². The number of hydrazone groups is 1. The number of aromatic nitrogens is 1. The molecule has 0 aliphatic carbocycles. The van der Waals surface area contributed by atoms with E-state index in [4.69, 9.17) is 5.73 Å². The first-order valence-electron chi connectivity index (χ1n) is 5.38. The molecular formula is C11H8F4N4OS. The normalized spacial score (nSPS) is 11.8. The number of nitrogens with two attached hydrogens (primary N) is 1. The molecule has 0 saturated heterocycles. The Kier molecular flexibility index (Phi) is 4.26. The monoisotopic (exact) mass is 320 g/mol. The molecular weight excluding hydrogens is 312 g/mol. The summed E-state index contributed by atoms with van der Waals surface area (Å²) < 4.78 is 53.1. The van der Waals surface area contributed by atoms with E-state index in [1.165, 1.54) is 11.3 Å². The summed E-state index contributed by atoms with van der Waals surface area (Å²) in [5.41, 5.74) is 8.00. The topological polar surface area (TPSA) is 72.5 Å². The molecule has 0 fully saturated rings. The molecule has 0 atom stereocenters. The van der Waals surface area contributed by atoms with Crippen LogP contribution in [0.2, 0.25) is 0 Å². The average molecular weight is 320 g/mol. The van der Waals surface area contributed by atoms with Crippen LogP contribution in [0.15, 0.2) is 28.7 Å². The molecule has 0 aliphatic rings. The average Bonchev–Trinajstić information content (AvgIpc) is 2.72. The maximum Gasteiger partial charge on any atom is 0.573 e. The number of nitrogen functional groups attached to an aromatic ring is 1. The molecule has 21 heavy (non-hydrogen) atoms. The Morgan fingerprint density at radius 2 is 2.10 bits per heavy atom. The number of nitrogens with zero attached hydrogens (tertiary/aromatic N) is 2. The highest BCUT2D eigenvalue weighted by atomic mass is 32.1. The second kappa shape index (κ2) is 5.95. The first-order chi connectivity index (χ1) is 9.82. The molecule has 0 bridgehead atoms. The SMILES string of the molecule is Nc1csc(NN=Cc2cc(F)cc(OC(F)(F)F)c2)n1. The van der Waals surface area contributed by atoms with Gasteiger partial charge in [0.1, 0.15) is 17.4 Å². The van der Waals surface area contributed by atoms with E-state index in [9.17, 15) is 17.6 Å². The summed E-state index contributed by atoms with van der Waals surface area (Å²) in [7, 11) is 0. The summed E-state index contributed by atoms with van der Waals surface area (Å²) in [4.78, 5) is 3.85. The summed E-state index contributed by atoms with van der Waals surface area (Å²) in [6, 6.07) is 2.63. The van der Waals surface area contributed by atoms with Crippen LogP contribution in [0.25, 0.3) is 0 Å². The van der Waals surface area contributed by atoms with Crippen LogP contribution in [-0.2, 0) is 0 Å². The van der Waals surface area contributed by atoms with Crippen molar-refractivity contribution in [2.24, 2.45) is 5.10 Å². The Bertz CT molecular complexity index is 656. The van der Waals surface area contributed by atoms with Crippen molar-refractivity contribution in [3.8, 4) is 5.75 Å². The second-order valence-electron chi connectivity index (χ2n) is 3.72. The zero-order valence-corrected chi connectivity index (χ0v) is 11.0. The quantitative estimate of drug-likeness (QED) is 0.515. The van der Waals surface area contributed by atoms with Crippen molar-refractivity contribution in [2.45, 2.75) is 6.36 Å². The lowest BCUT2D eigenvalue weighted by Crippen LogP contribution is -2.17. The molecule has 0 amide bonds. The van der Waals surface area contributed by atoms with Crippen molar-refractivity contribution in [3.05, 3.63) is 35.0 Å². The summed E-state index contributed by atoms with van der Waals surface area (Å²) >= 11 is 1.19. The van der Waals surface area contributed by atoms with Gasteiger partial charge in [0.15, 0.2) is 0 Å². The standard InChI is InChI=1S/C11H8F4N4OS/c12-7-1-6(2-8(3-7)20-11(13,14)15)4-17-19-10-18-9(16)5-21-10/h1-5H,16H2,(H,18,19). The molecule has 10 heteroatoms. The number of benzene rings is 1. The molecule has 0 aliphatic heterocycles. The Morgan fingerprint density at radius 1 is 1.33 bits per heavy atom. The van der Waals surface area contributed by atoms with Crippen molar-refractivity contribution >= 4 is 28.5 Å². The van der Waals surface area contributed by atoms with Crippen LogP contribution >= 0.6 is 11.3 Å². The largest absolute Gasteiger partial charge is 0.573 e. The van der Waals surface area contributed by atoms with Crippen LogP contribution in [0.3, 0.4) is 0 Å². The molecule has 0 unspecified atom stereocenters. The van der Waals surface area contributed by atoms with Gasteiger partial charge in [0, 0.05) is 17.0 Å². The summed E-state index contributed by atoms with van der Waals surface area (Å²) in [6.45, 7) is 0. The number of hydrogen-bond acceptors (Lipinski definition) is 6. The van der Waals surface area contributed by atoms with Crippen LogP contribution in [0.1, 0.15) is 5.56 Å². The number of nitrogens with one attached hydrogen (secondary N) is 1. The first kappa shape index (κ1) is 15.0. The van der Waals surface area contributed by atoms with Crippen LogP contribution in [0, 0.1) is 5.82 Å². The molecule has 1 aromatic heterocycles. The number of rotatable bonds is 4. The van der Waals surface area contributed by atoms with Crippen molar-refractivity contribution < 1.29 is 22.3 Å². The number of halogens is 4. The first-order valence-corrected chi connectivity index (χ1v) is 6.26. The number of alkyl halides is 3.